The Balaban J connectivity index is 1.71. The molecule has 132 valence electrons. The van der Waals surface area contributed by atoms with Crippen LogP contribution in [0.25, 0.3) is 11.0 Å². The van der Waals surface area contributed by atoms with Gasteiger partial charge in [0.2, 0.25) is 0 Å². The predicted octanol–water partition coefficient (Wildman–Crippen LogP) is 4.66. The van der Waals surface area contributed by atoms with Gasteiger partial charge in [-0.25, -0.2) is 5.01 Å². The maximum absolute atomic E-state index is 11.9. The predicted molar refractivity (Wildman–Crippen MR) is 97.9 cm³/mol. The minimum Gasteiger partial charge on any atom is -0.504 e. The second kappa shape index (κ2) is 6.38. The molecule has 26 heavy (non-hydrogen) atoms. The molecule has 1 aliphatic rings. The molecule has 1 N–H and O–H groups in total. The van der Waals surface area contributed by atoms with Crippen LogP contribution in [-0.4, -0.2) is 28.3 Å². The summed E-state index contributed by atoms with van der Waals surface area (Å²) in [5.74, 6) is 0.945. The van der Waals surface area contributed by atoms with E-state index in [1.165, 1.54) is 18.2 Å². The maximum atomic E-state index is 11.9. The lowest BCUT2D eigenvalue weighted by molar-refractivity contribution is 0.210. The van der Waals surface area contributed by atoms with Crippen LogP contribution in [0.1, 0.15) is 23.8 Å². The third-order valence-electron chi connectivity index (χ3n) is 4.39. The molecule has 1 aliphatic heterocycles. The standard InChI is InChI=1S/C19H15ClN2O4/c1-25-18-8-11(6-7-15(18)23)14-10-13(21-22(14)19(20)24)17-9-12-4-2-3-5-16(12)26-17/h2-9,14,23H,10H2,1H3. The number of furan rings is 1. The molecule has 0 radical (unpaired) electrons. The molecule has 0 fully saturated rings. The van der Waals surface area contributed by atoms with Gasteiger partial charge in [-0.2, -0.15) is 5.10 Å². The van der Waals surface area contributed by atoms with Gasteiger partial charge >= 0.3 is 5.37 Å². The number of phenols is 1. The summed E-state index contributed by atoms with van der Waals surface area (Å²) in [6.45, 7) is 0. The largest absolute Gasteiger partial charge is 0.504 e. The number of aromatic hydroxyl groups is 1. The van der Waals surface area contributed by atoms with Gasteiger partial charge < -0.3 is 14.3 Å². The number of ether oxygens (including phenoxy) is 1. The molecule has 7 heteroatoms. The zero-order valence-electron chi connectivity index (χ0n) is 13.8. The molecule has 1 amide bonds. The fourth-order valence-corrected chi connectivity index (χ4v) is 3.26. The van der Waals surface area contributed by atoms with Crippen molar-refractivity contribution >= 4 is 33.6 Å². The second-order valence-corrected chi connectivity index (χ2v) is 6.27. The lowest BCUT2D eigenvalue weighted by atomic mass is 10.0. The summed E-state index contributed by atoms with van der Waals surface area (Å²) >= 11 is 5.73. The third-order valence-corrected chi connectivity index (χ3v) is 4.56. The summed E-state index contributed by atoms with van der Waals surface area (Å²) in [6, 6.07) is 14.0. The van der Waals surface area contributed by atoms with E-state index in [0.717, 1.165) is 16.5 Å². The fraction of sp³-hybridized carbons (Fsp3) is 0.158. The molecule has 1 aromatic heterocycles. The van der Waals surface area contributed by atoms with Gasteiger partial charge in [-0.15, -0.1) is 0 Å². The number of phenolic OH excluding ortho intramolecular Hbond substituents is 1. The highest BCUT2D eigenvalue weighted by atomic mass is 35.5. The quantitative estimate of drug-likeness (QED) is 0.537. The highest BCUT2D eigenvalue weighted by Gasteiger charge is 2.34. The molecule has 1 atom stereocenters. The summed E-state index contributed by atoms with van der Waals surface area (Å²) in [5, 5.41) is 15.6. The number of hydrazone groups is 1. The number of methoxy groups -OCH3 is 1. The smallest absolute Gasteiger partial charge is 0.337 e. The van der Waals surface area contributed by atoms with Crippen LogP contribution in [0.3, 0.4) is 0 Å². The molecule has 3 aromatic rings. The molecule has 0 aliphatic carbocycles. The molecule has 6 nitrogen and oxygen atoms in total. The number of hydrogen-bond donors (Lipinski definition) is 1. The normalized spacial score (nSPS) is 16.8. The van der Waals surface area contributed by atoms with Gasteiger partial charge in [-0.3, -0.25) is 4.79 Å². The average Bonchev–Trinajstić information content (AvgIpc) is 3.26. The van der Waals surface area contributed by atoms with E-state index in [9.17, 15) is 9.90 Å². The number of carbonyl (C=O) groups excluding carboxylic acids is 1. The van der Waals surface area contributed by atoms with Crippen LogP contribution >= 0.6 is 11.6 Å². The fourth-order valence-electron chi connectivity index (χ4n) is 3.11. The van der Waals surface area contributed by atoms with Crippen LogP contribution in [0.2, 0.25) is 0 Å². The number of hydrogen-bond acceptors (Lipinski definition) is 5. The van der Waals surface area contributed by atoms with E-state index in [1.54, 1.807) is 12.1 Å². The van der Waals surface area contributed by atoms with Crippen molar-refractivity contribution in [3.63, 3.8) is 0 Å². The molecule has 0 bridgehead atoms. The molecule has 4 rings (SSSR count). The van der Waals surface area contributed by atoms with Crippen molar-refractivity contribution in [2.75, 3.05) is 7.11 Å². The van der Waals surface area contributed by atoms with E-state index in [4.69, 9.17) is 20.8 Å². The van der Waals surface area contributed by atoms with Crippen molar-refractivity contribution in [3.8, 4) is 11.5 Å². The Hall–Kier alpha value is -2.99. The average molecular weight is 371 g/mol. The zero-order valence-corrected chi connectivity index (χ0v) is 14.6. The Labute approximate surface area is 154 Å². The number of rotatable bonds is 3. The Bertz CT molecular complexity index is 994. The van der Waals surface area contributed by atoms with E-state index >= 15 is 0 Å². The van der Waals surface area contributed by atoms with Crippen molar-refractivity contribution in [2.24, 2.45) is 5.10 Å². The van der Waals surface area contributed by atoms with Crippen LogP contribution in [0.4, 0.5) is 4.79 Å². The first-order valence-corrected chi connectivity index (χ1v) is 8.36. The van der Waals surface area contributed by atoms with E-state index in [-0.39, 0.29) is 5.75 Å². The summed E-state index contributed by atoms with van der Waals surface area (Å²) in [7, 11) is 1.47. The van der Waals surface area contributed by atoms with Crippen molar-refractivity contribution < 1.29 is 19.1 Å². The summed E-state index contributed by atoms with van der Waals surface area (Å²) in [6.07, 6.45) is 0.437. The van der Waals surface area contributed by atoms with E-state index in [2.05, 4.69) is 5.10 Å². The molecular weight excluding hydrogens is 356 g/mol. The van der Waals surface area contributed by atoms with Crippen LogP contribution in [0.5, 0.6) is 11.5 Å². The SMILES string of the molecule is COc1cc(C2CC(c3cc4ccccc4o3)=NN2C(=O)Cl)ccc1O. The van der Waals surface area contributed by atoms with E-state index < -0.39 is 11.4 Å². The monoisotopic (exact) mass is 370 g/mol. The molecular formula is C19H15ClN2O4. The van der Waals surface area contributed by atoms with Gasteiger partial charge in [0.25, 0.3) is 0 Å². The number of benzene rings is 2. The van der Waals surface area contributed by atoms with Gasteiger partial charge in [0.1, 0.15) is 11.3 Å². The van der Waals surface area contributed by atoms with Crippen LogP contribution in [-0.2, 0) is 0 Å². The van der Waals surface area contributed by atoms with E-state index in [0.29, 0.717) is 23.6 Å². The first-order valence-electron chi connectivity index (χ1n) is 7.99. The Kier molecular flexibility index (Phi) is 4.05. The molecule has 2 heterocycles. The Morgan fingerprint density at radius 1 is 1.31 bits per heavy atom. The van der Waals surface area contributed by atoms with Crippen LogP contribution < -0.4 is 4.74 Å². The highest BCUT2D eigenvalue weighted by Crippen LogP contribution is 2.38. The van der Waals surface area contributed by atoms with Crippen molar-refractivity contribution in [1.29, 1.82) is 0 Å². The number of halogens is 1. The lowest BCUT2D eigenvalue weighted by Gasteiger charge is -2.20. The third kappa shape index (κ3) is 2.78. The van der Waals surface area contributed by atoms with Crippen molar-refractivity contribution in [1.82, 2.24) is 5.01 Å². The summed E-state index contributed by atoms with van der Waals surface area (Å²) in [4.78, 5) is 11.9. The topological polar surface area (TPSA) is 75.3 Å². The minimum absolute atomic E-state index is 0.0245. The van der Waals surface area contributed by atoms with Gasteiger partial charge in [-0.05, 0) is 41.4 Å². The minimum atomic E-state index is -0.687. The molecule has 2 aromatic carbocycles. The first-order chi connectivity index (χ1) is 12.6. The number of nitrogens with zero attached hydrogens (tertiary/aromatic N) is 2. The van der Waals surface area contributed by atoms with Crippen molar-refractivity contribution in [2.45, 2.75) is 12.5 Å². The molecule has 1 unspecified atom stereocenters. The Morgan fingerprint density at radius 3 is 2.85 bits per heavy atom. The first kappa shape index (κ1) is 16.5. The number of amides is 1. The number of fused-ring (bicyclic) bond motifs is 1. The lowest BCUT2D eigenvalue weighted by Crippen LogP contribution is -2.21. The van der Waals surface area contributed by atoms with Gasteiger partial charge in [0, 0.05) is 11.8 Å². The molecule has 0 spiro atoms. The van der Waals surface area contributed by atoms with E-state index in [1.807, 2.05) is 30.3 Å². The summed E-state index contributed by atoms with van der Waals surface area (Å²) < 4.78 is 11.0. The Morgan fingerprint density at radius 2 is 2.12 bits per heavy atom. The van der Waals surface area contributed by atoms with Crippen LogP contribution in [0.15, 0.2) is 58.0 Å². The van der Waals surface area contributed by atoms with Crippen molar-refractivity contribution in [3.05, 3.63) is 59.9 Å². The number of para-hydroxylation sites is 1. The van der Waals surface area contributed by atoms with Gasteiger partial charge in [0.15, 0.2) is 17.3 Å². The van der Waals surface area contributed by atoms with Gasteiger partial charge in [-0.1, -0.05) is 24.3 Å². The highest BCUT2D eigenvalue weighted by molar-refractivity contribution is 6.62. The maximum Gasteiger partial charge on any atom is 0.337 e. The summed E-state index contributed by atoms with van der Waals surface area (Å²) in [5.41, 5.74) is 2.14. The van der Waals surface area contributed by atoms with Crippen LogP contribution in [0, 0.1) is 0 Å². The van der Waals surface area contributed by atoms with Gasteiger partial charge in [0.05, 0.1) is 13.2 Å². The zero-order chi connectivity index (χ0) is 18.3. The molecule has 0 saturated heterocycles. The second-order valence-electron chi connectivity index (χ2n) is 5.94. The molecule has 0 saturated carbocycles. The number of carbonyl (C=O) groups is 1.